The number of thiazole rings is 1. The Balaban J connectivity index is 1.54. The largest absolute Gasteiger partial charge is 0.478 e. The SMILES string of the molecule is O=C(O)c1ccccc1S(=O)(=O)/N=c1\sc(CNCc2ccncc2)cn1Cc1cccc2ccccc12. The second-order valence-electron chi connectivity index (χ2n) is 8.57. The Labute approximate surface area is 223 Å². The van der Waals surface area contributed by atoms with E-state index in [0.29, 0.717) is 19.6 Å². The average Bonchev–Trinajstić information content (AvgIpc) is 3.29. The summed E-state index contributed by atoms with van der Waals surface area (Å²) in [7, 11) is -4.29. The maximum atomic E-state index is 13.3. The molecule has 0 saturated carbocycles. The molecular weight excluding hydrogens is 520 g/mol. The number of aromatic carboxylic acids is 1. The third kappa shape index (κ3) is 5.72. The van der Waals surface area contributed by atoms with E-state index in [0.717, 1.165) is 26.8 Å². The molecule has 0 bridgehead atoms. The molecule has 5 rings (SSSR count). The Bertz CT molecular complexity index is 1770. The summed E-state index contributed by atoms with van der Waals surface area (Å²) in [6.07, 6.45) is 5.36. The number of benzene rings is 3. The van der Waals surface area contributed by atoms with E-state index in [9.17, 15) is 18.3 Å². The third-order valence-electron chi connectivity index (χ3n) is 5.96. The molecule has 5 aromatic rings. The highest BCUT2D eigenvalue weighted by Crippen LogP contribution is 2.21. The van der Waals surface area contributed by atoms with E-state index in [-0.39, 0.29) is 15.3 Å². The fourth-order valence-corrected chi connectivity index (χ4v) is 6.52. The molecule has 0 spiro atoms. The van der Waals surface area contributed by atoms with Crippen LogP contribution in [0.1, 0.15) is 26.4 Å². The second kappa shape index (κ2) is 11.1. The predicted molar refractivity (Wildman–Crippen MR) is 146 cm³/mol. The zero-order valence-electron chi connectivity index (χ0n) is 20.2. The molecule has 0 radical (unpaired) electrons. The number of sulfonamides is 1. The fourth-order valence-electron chi connectivity index (χ4n) is 4.16. The molecule has 0 aliphatic heterocycles. The summed E-state index contributed by atoms with van der Waals surface area (Å²) in [5.41, 5.74) is 1.78. The topological polar surface area (TPSA) is 114 Å². The van der Waals surface area contributed by atoms with E-state index in [2.05, 4.69) is 14.7 Å². The number of hydrogen-bond acceptors (Lipinski definition) is 6. The molecule has 192 valence electrons. The normalized spacial score (nSPS) is 12.2. The lowest BCUT2D eigenvalue weighted by Crippen LogP contribution is -2.18. The van der Waals surface area contributed by atoms with Gasteiger partial charge in [-0.3, -0.25) is 4.98 Å². The van der Waals surface area contributed by atoms with Crippen LogP contribution in [-0.2, 0) is 29.7 Å². The van der Waals surface area contributed by atoms with Crippen molar-refractivity contribution in [3.8, 4) is 0 Å². The Morgan fingerprint density at radius 3 is 2.50 bits per heavy atom. The molecule has 0 aliphatic rings. The molecule has 2 N–H and O–H groups in total. The summed E-state index contributed by atoms with van der Waals surface area (Å²) < 4.78 is 32.5. The van der Waals surface area contributed by atoms with Crippen molar-refractivity contribution in [1.29, 1.82) is 0 Å². The highest BCUT2D eigenvalue weighted by molar-refractivity contribution is 7.90. The first kappa shape index (κ1) is 25.5. The zero-order chi connectivity index (χ0) is 26.5. The van der Waals surface area contributed by atoms with Gasteiger partial charge in [-0.15, -0.1) is 4.40 Å². The van der Waals surface area contributed by atoms with Gasteiger partial charge in [-0.2, -0.15) is 8.42 Å². The van der Waals surface area contributed by atoms with E-state index in [1.807, 2.05) is 60.8 Å². The number of nitrogens with one attached hydrogen (secondary N) is 1. The van der Waals surface area contributed by atoms with Gasteiger partial charge in [0, 0.05) is 36.6 Å². The van der Waals surface area contributed by atoms with Crippen LogP contribution in [0, 0.1) is 0 Å². The monoisotopic (exact) mass is 544 g/mol. The van der Waals surface area contributed by atoms with Crippen LogP contribution in [-0.4, -0.2) is 29.0 Å². The quantitative estimate of drug-likeness (QED) is 0.284. The van der Waals surface area contributed by atoms with E-state index in [4.69, 9.17) is 0 Å². The molecule has 10 heteroatoms. The Morgan fingerprint density at radius 1 is 0.947 bits per heavy atom. The van der Waals surface area contributed by atoms with Crippen LogP contribution in [0.2, 0.25) is 0 Å². The summed E-state index contributed by atoms with van der Waals surface area (Å²) >= 11 is 1.25. The molecule has 0 atom stereocenters. The van der Waals surface area contributed by atoms with Gasteiger partial charge in [-0.1, -0.05) is 65.9 Å². The Kier molecular flexibility index (Phi) is 7.45. The maximum Gasteiger partial charge on any atom is 0.337 e. The first-order chi connectivity index (χ1) is 18.4. The number of aromatic nitrogens is 2. The van der Waals surface area contributed by atoms with Crippen molar-refractivity contribution >= 4 is 38.1 Å². The number of nitrogens with zero attached hydrogens (tertiary/aromatic N) is 3. The van der Waals surface area contributed by atoms with Gasteiger partial charge in [0.15, 0.2) is 0 Å². The van der Waals surface area contributed by atoms with Crippen LogP contribution < -0.4 is 10.1 Å². The molecule has 3 aromatic carbocycles. The predicted octanol–water partition coefficient (Wildman–Crippen LogP) is 4.42. The second-order valence-corrected chi connectivity index (χ2v) is 11.2. The number of fused-ring (bicyclic) bond motifs is 1. The van der Waals surface area contributed by atoms with E-state index >= 15 is 0 Å². The molecule has 38 heavy (non-hydrogen) atoms. The van der Waals surface area contributed by atoms with Crippen molar-refractivity contribution in [3.05, 3.63) is 124 Å². The molecule has 2 heterocycles. The lowest BCUT2D eigenvalue weighted by Gasteiger charge is -2.08. The first-order valence-electron chi connectivity index (χ1n) is 11.8. The van der Waals surface area contributed by atoms with Crippen molar-refractivity contribution < 1.29 is 18.3 Å². The van der Waals surface area contributed by atoms with Gasteiger partial charge in [0.25, 0.3) is 10.0 Å². The van der Waals surface area contributed by atoms with Crippen molar-refractivity contribution in [2.45, 2.75) is 24.5 Å². The number of hydrogen-bond donors (Lipinski definition) is 2. The Hall–Kier alpha value is -4.12. The van der Waals surface area contributed by atoms with Crippen molar-refractivity contribution in [2.24, 2.45) is 4.40 Å². The molecule has 0 unspecified atom stereocenters. The van der Waals surface area contributed by atoms with Gasteiger partial charge >= 0.3 is 5.97 Å². The van der Waals surface area contributed by atoms with Gasteiger partial charge in [-0.25, -0.2) is 4.79 Å². The van der Waals surface area contributed by atoms with Crippen LogP contribution in [0.25, 0.3) is 10.8 Å². The minimum atomic E-state index is -4.29. The number of carboxylic acids is 1. The van der Waals surface area contributed by atoms with Crippen LogP contribution >= 0.6 is 11.3 Å². The smallest absolute Gasteiger partial charge is 0.337 e. The number of carbonyl (C=O) groups is 1. The summed E-state index contributed by atoms with van der Waals surface area (Å²) in [5, 5.41) is 15.0. The standard InChI is InChI=1S/C28H24N4O4S2/c33-27(34)25-10-3-4-11-26(25)38(35,36)31-28-32(18-22-8-5-7-21-6-1-2-9-24(21)22)19-23(37-28)17-30-16-20-12-14-29-15-13-20/h1-15,19,30H,16-18H2,(H,33,34)/b31-28-. The molecule has 8 nitrogen and oxygen atoms in total. The van der Waals surface area contributed by atoms with E-state index in [1.54, 1.807) is 17.0 Å². The minimum absolute atomic E-state index is 0.263. The van der Waals surface area contributed by atoms with E-state index in [1.165, 1.54) is 35.6 Å². The molecule has 0 saturated heterocycles. The molecule has 0 aliphatic carbocycles. The number of rotatable bonds is 9. The minimum Gasteiger partial charge on any atom is -0.478 e. The highest BCUT2D eigenvalue weighted by Gasteiger charge is 2.22. The lowest BCUT2D eigenvalue weighted by atomic mass is 10.0. The average molecular weight is 545 g/mol. The van der Waals surface area contributed by atoms with Crippen LogP contribution in [0.5, 0.6) is 0 Å². The van der Waals surface area contributed by atoms with E-state index < -0.39 is 16.0 Å². The van der Waals surface area contributed by atoms with Crippen molar-refractivity contribution in [2.75, 3.05) is 0 Å². The van der Waals surface area contributed by atoms with Gasteiger partial charge in [-0.05, 0) is 46.2 Å². The Morgan fingerprint density at radius 2 is 1.68 bits per heavy atom. The molecule has 2 aromatic heterocycles. The maximum absolute atomic E-state index is 13.3. The van der Waals surface area contributed by atoms with Crippen LogP contribution in [0.3, 0.4) is 0 Å². The summed E-state index contributed by atoms with van der Waals surface area (Å²) in [4.78, 5) is 16.5. The van der Waals surface area contributed by atoms with Crippen molar-refractivity contribution in [3.63, 3.8) is 0 Å². The van der Waals surface area contributed by atoms with Crippen LogP contribution in [0.15, 0.2) is 107 Å². The van der Waals surface area contributed by atoms with Crippen LogP contribution in [0.4, 0.5) is 0 Å². The zero-order valence-corrected chi connectivity index (χ0v) is 21.8. The lowest BCUT2D eigenvalue weighted by molar-refractivity contribution is 0.0692. The van der Waals surface area contributed by atoms with Gasteiger partial charge in [0.05, 0.1) is 12.1 Å². The molecular formula is C28H24N4O4S2. The number of pyridine rings is 1. The van der Waals surface area contributed by atoms with Crippen molar-refractivity contribution in [1.82, 2.24) is 14.9 Å². The van der Waals surface area contributed by atoms with Gasteiger partial charge < -0.3 is 15.0 Å². The van der Waals surface area contributed by atoms with Gasteiger partial charge in [0.1, 0.15) is 4.90 Å². The first-order valence-corrected chi connectivity index (χ1v) is 14.0. The fraction of sp³-hybridized carbons (Fsp3) is 0.107. The highest BCUT2D eigenvalue weighted by atomic mass is 32.2. The summed E-state index contributed by atoms with van der Waals surface area (Å²) in [6.45, 7) is 1.53. The molecule has 0 fully saturated rings. The third-order valence-corrected chi connectivity index (χ3v) is 8.42. The summed E-state index contributed by atoms with van der Waals surface area (Å²) in [5.74, 6) is -1.32. The molecule has 0 amide bonds. The summed E-state index contributed by atoms with van der Waals surface area (Å²) in [6, 6.07) is 23.4. The number of carboxylic acid groups (broad SMARTS) is 1. The van der Waals surface area contributed by atoms with Gasteiger partial charge in [0.2, 0.25) is 4.80 Å².